The summed E-state index contributed by atoms with van der Waals surface area (Å²) in [6.07, 6.45) is 0.477. The van der Waals surface area contributed by atoms with Crippen LogP contribution in [0.4, 0.5) is 4.79 Å². The second-order valence-corrected chi connectivity index (χ2v) is 8.48. The van der Waals surface area contributed by atoms with Crippen molar-refractivity contribution in [2.24, 2.45) is 5.92 Å². The largest absolute Gasteiger partial charge is 0.444 e. The lowest BCUT2D eigenvalue weighted by atomic mass is 10.2. The molecule has 2 atom stereocenters. The number of carbonyl (C=O) groups excluding carboxylic acids is 1. The highest BCUT2D eigenvalue weighted by Crippen LogP contribution is 2.21. The van der Waals surface area contributed by atoms with Crippen LogP contribution >= 0.6 is 11.6 Å². The van der Waals surface area contributed by atoms with Crippen molar-refractivity contribution in [1.82, 2.24) is 14.9 Å². The van der Waals surface area contributed by atoms with Gasteiger partial charge in [0.15, 0.2) is 0 Å². The third kappa shape index (κ3) is 5.42. The molecule has 0 radical (unpaired) electrons. The molecule has 1 aliphatic heterocycles. The van der Waals surface area contributed by atoms with Gasteiger partial charge < -0.3 is 9.64 Å². The lowest BCUT2D eigenvalue weighted by Gasteiger charge is -2.24. The molecule has 8 heteroatoms. The van der Waals surface area contributed by atoms with E-state index in [9.17, 15) is 9.00 Å². The Morgan fingerprint density at radius 1 is 1.48 bits per heavy atom. The molecule has 0 aromatic carbocycles. The van der Waals surface area contributed by atoms with E-state index in [-0.39, 0.29) is 17.2 Å². The van der Waals surface area contributed by atoms with Gasteiger partial charge in [-0.05, 0) is 46.1 Å². The molecule has 1 aromatic rings. The molecule has 1 saturated heterocycles. The van der Waals surface area contributed by atoms with Gasteiger partial charge >= 0.3 is 6.09 Å². The normalized spacial score (nSPS) is 19.7. The number of rotatable bonds is 3. The Labute approximate surface area is 144 Å². The Hall–Kier alpha value is -1.21. The fourth-order valence-electron chi connectivity index (χ4n) is 2.36. The molecule has 23 heavy (non-hydrogen) atoms. The van der Waals surface area contributed by atoms with E-state index < -0.39 is 16.4 Å². The molecule has 6 nitrogen and oxygen atoms in total. The maximum absolute atomic E-state index is 12.4. The number of likely N-dealkylation sites (tertiary alicyclic amines) is 1. The molecule has 0 N–H and O–H groups in total. The van der Waals surface area contributed by atoms with Gasteiger partial charge in [0.25, 0.3) is 0 Å². The van der Waals surface area contributed by atoms with E-state index in [0.29, 0.717) is 29.7 Å². The Balaban J connectivity index is 1.92. The van der Waals surface area contributed by atoms with Crippen LogP contribution in [-0.4, -0.2) is 49.6 Å². The number of hydrogen-bond acceptors (Lipinski definition) is 5. The standard InChI is InChI=1S/C15H22ClN3O3S/c1-10-7-12(16)18-13(17-10)23(21)9-11-5-6-19(8-11)14(20)22-15(2,3)4/h7,11H,5-6,8-9H2,1-4H3/t11-,23-/m1/s1. The second kappa shape index (κ2) is 7.13. The summed E-state index contributed by atoms with van der Waals surface area (Å²) < 4.78 is 17.8. The quantitative estimate of drug-likeness (QED) is 0.613. The third-order valence-electron chi connectivity index (χ3n) is 3.33. The molecule has 0 spiro atoms. The van der Waals surface area contributed by atoms with Gasteiger partial charge in [-0.3, -0.25) is 4.21 Å². The summed E-state index contributed by atoms with van der Waals surface area (Å²) in [7, 11) is -1.33. The molecular weight excluding hydrogens is 338 g/mol. The van der Waals surface area contributed by atoms with Crippen molar-refractivity contribution >= 4 is 28.5 Å². The molecular formula is C15H22ClN3O3S. The number of ether oxygens (including phenoxy) is 1. The number of halogens is 1. The van der Waals surface area contributed by atoms with E-state index in [0.717, 1.165) is 6.42 Å². The molecule has 1 amide bonds. The smallest absolute Gasteiger partial charge is 0.410 e. The molecule has 1 fully saturated rings. The summed E-state index contributed by atoms with van der Waals surface area (Å²) >= 11 is 5.88. The lowest BCUT2D eigenvalue weighted by molar-refractivity contribution is 0.0289. The maximum Gasteiger partial charge on any atom is 0.410 e. The van der Waals surface area contributed by atoms with Crippen molar-refractivity contribution in [1.29, 1.82) is 0 Å². The first kappa shape index (κ1) is 18.1. The minimum Gasteiger partial charge on any atom is -0.444 e. The van der Waals surface area contributed by atoms with Crippen LogP contribution < -0.4 is 0 Å². The molecule has 2 heterocycles. The summed E-state index contributed by atoms with van der Waals surface area (Å²) in [4.78, 5) is 21.9. The first-order valence-corrected chi connectivity index (χ1v) is 9.21. The van der Waals surface area contributed by atoms with Crippen molar-refractivity contribution < 1.29 is 13.7 Å². The summed E-state index contributed by atoms with van der Waals surface area (Å²) in [5, 5.41) is 0.549. The zero-order valence-corrected chi connectivity index (χ0v) is 15.4. The zero-order valence-electron chi connectivity index (χ0n) is 13.8. The summed E-state index contributed by atoms with van der Waals surface area (Å²) in [5.74, 6) is 0.560. The van der Waals surface area contributed by atoms with E-state index in [4.69, 9.17) is 16.3 Å². The second-order valence-electron chi connectivity index (χ2n) is 6.71. The number of amides is 1. The molecule has 2 rings (SSSR count). The van der Waals surface area contributed by atoms with Gasteiger partial charge in [-0.25, -0.2) is 14.8 Å². The summed E-state index contributed by atoms with van der Waals surface area (Å²) in [6.45, 7) is 8.46. The van der Waals surface area contributed by atoms with Crippen molar-refractivity contribution in [3.8, 4) is 0 Å². The number of aromatic nitrogens is 2. The van der Waals surface area contributed by atoms with Gasteiger partial charge in [-0.15, -0.1) is 0 Å². The highest BCUT2D eigenvalue weighted by atomic mass is 35.5. The van der Waals surface area contributed by atoms with E-state index in [1.165, 1.54) is 0 Å². The molecule has 1 aromatic heterocycles. The predicted molar refractivity (Wildman–Crippen MR) is 89.0 cm³/mol. The van der Waals surface area contributed by atoms with Crippen molar-refractivity contribution in [2.45, 2.75) is 44.9 Å². The topological polar surface area (TPSA) is 72.4 Å². The molecule has 128 valence electrons. The third-order valence-corrected chi connectivity index (χ3v) is 4.89. The fraction of sp³-hybridized carbons (Fsp3) is 0.667. The van der Waals surface area contributed by atoms with Crippen molar-refractivity contribution in [2.75, 3.05) is 18.8 Å². The average Bonchev–Trinajstić information content (AvgIpc) is 2.84. The van der Waals surface area contributed by atoms with Gasteiger partial charge in [0.2, 0.25) is 5.16 Å². The number of hydrogen-bond donors (Lipinski definition) is 0. The SMILES string of the molecule is Cc1cc(Cl)nc([S@](=O)C[C@@H]2CCN(C(=O)OC(C)(C)C)C2)n1. The Kier molecular flexibility index (Phi) is 5.62. The molecule has 0 unspecified atom stereocenters. The molecule has 0 aliphatic carbocycles. The van der Waals surface area contributed by atoms with Crippen molar-refractivity contribution in [3.05, 3.63) is 16.9 Å². The van der Waals surface area contributed by atoms with Crippen LogP contribution in [0, 0.1) is 12.8 Å². The van der Waals surface area contributed by atoms with Crippen molar-refractivity contribution in [3.63, 3.8) is 0 Å². The number of nitrogens with zero attached hydrogens (tertiary/aromatic N) is 3. The lowest BCUT2D eigenvalue weighted by Crippen LogP contribution is -2.35. The van der Waals surface area contributed by atoms with Crippen LogP contribution in [-0.2, 0) is 15.5 Å². The van der Waals surface area contributed by atoms with Gasteiger partial charge in [-0.2, -0.15) is 0 Å². The average molecular weight is 360 g/mol. The monoisotopic (exact) mass is 359 g/mol. The van der Waals surface area contributed by atoms with Gasteiger partial charge in [0, 0.05) is 24.5 Å². The van der Waals surface area contributed by atoms with Gasteiger partial charge in [0.1, 0.15) is 10.8 Å². The Morgan fingerprint density at radius 2 is 2.17 bits per heavy atom. The maximum atomic E-state index is 12.4. The predicted octanol–water partition coefficient (Wildman–Crippen LogP) is 2.80. The van der Waals surface area contributed by atoms with Crippen LogP contribution in [0.1, 0.15) is 32.9 Å². The molecule has 0 bridgehead atoms. The highest BCUT2D eigenvalue weighted by molar-refractivity contribution is 7.84. The first-order chi connectivity index (χ1) is 10.6. The summed E-state index contributed by atoms with van der Waals surface area (Å²) in [5.41, 5.74) is 0.180. The van der Waals surface area contributed by atoms with Crippen LogP contribution in [0.3, 0.4) is 0 Å². The van der Waals surface area contributed by atoms with Crippen LogP contribution in [0.25, 0.3) is 0 Å². The number of aryl methyl sites for hydroxylation is 1. The summed E-state index contributed by atoms with van der Waals surface area (Å²) in [6, 6.07) is 1.63. The van der Waals surface area contributed by atoms with Crippen LogP contribution in [0.2, 0.25) is 5.15 Å². The molecule has 1 aliphatic rings. The van der Waals surface area contributed by atoms with Crippen LogP contribution in [0.5, 0.6) is 0 Å². The van der Waals surface area contributed by atoms with Gasteiger partial charge in [-0.1, -0.05) is 11.6 Å². The Bertz CT molecular complexity index is 598. The number of carbonyl (C=O) groups is 1. The minimum atomic E-state index is -1.33. The van der Waals surface area contributed by atoms with E-state index >= 15 is 0 Å². The van der Waals surface area contributed by atoms with E-state index in [1.807, 2.05) is 20.8 Å². The molecule has 0 saturated carbocycles. The van der Waals surface area contributed by atoms with E-state index in [2.05, 4.69) is 9.97 Å². The Morgan fingerprint density at radius 3 is 2.78 bits per heavy atom. The van der Waals surface area contributed by atoms with E-state index in [1.54, 1.807) is 17.9 Å². The minimum absolute atomic E-state index is 0.145. The first-order valence-electron chi connectivity index (χ1n) is 7.51. The van der Waals surface area contributed by atoms with Gasteiger partial charge in [0.05, 0.1) is 10.8 Å². The highest BCUT2D eigenvalue weighted by Gasteiger charge is 2.31. The van der Waals surface area contributed by atoms with Crippen LogP contribution in [0.15, 0.2) is 11.2 Å². The zero-order chi connectivity index (χ0) is 17.2. The fourth-order valence-corrected chi connectivity index (χ4v) is 3.94.